The van der Waals surface area contributed by atoms with Crippen molar-refractivity contribution in [3.05, 3.63) is 18.5 Å². The van der Waals surface area contributed by atoms with Gasteiger partial charge in [0, 0.05) is 32.0 Å². The van der Waals surface area contributed by atoms with Crippen LogP contribution in [0.4, 0.5) is 0 Å². The average Bonchev–Trinajstić information content (AvgIpc) is 2.90. The third-order valence-electron chi connectivity index (χ3n) is 4.13. The molecule has 1 aromatic heterocycles. The molecule has 2 N–H and O–H groups in total. The van der Waals surface area contributed by atoms with Crippen LogP contribution in [0.5, 0.6) is 0 Å². The molecular weight excluding hydrogens is 323 g/mol. The number of nitrogens with two attached hydrogens (primary N) is 1. The molecule has 1 aliphatic heterocycles. The fourth-order valence-corrected chi connectivity index (χ4v) is 2.58. The quantitative estimate of drug-likeness (QED) is 0.909. The van der Waals surface area contributed by atoms with Crippen LogP contribution in [-0.2, 0) is 11.3 Å². The van der Waals surface area contributed by atoms with Gasteiger partial charge in [-0.3, -0.25) is 9.48 Å². The first-order valence-corrected chi connectivity index (χ1v) is 7.39. The predicted octanol–water partition coefficient (Wildman–Crippen LogP) is 2.34. The van der Waals surface area contributed by atoms with E-state index in [4.69, 9.17) is 5.73 Å². The Balaban J connectivity index is 0.00000220. The molecule has 128 valence electrons. The van der Waals surface area contributed by atoms with Crippen LogP contribution in [0.2, 0.25) is 0 Å². The lowest BCUT2D eigenvalue weighted by Crippen LogP contribution is -2.52. The van der Waals surface area contributed by atoms with E-state index in [0.29, 0.717) is 5.92 Å². The summed E-state index contributed by atoms with van der Waals surface area (Å²) in [5.74, 6) is 0.694. The molecule has 2 rings (SSSR count). The van der Waals surface area contributed by atoms with Crippen molar-refractivity contribution in [2.24, 2.45) is 17.1 Å². The van der Waals surface area contributed by atoms with Gasteiger partial charge in [-0.25, -0.2) is 0 Å². The molecule has 5 nitrogen and oxygen atoms in total. The molecule has 2 heterocycles. The van der Waals surface area contributed by atoms with Crippen LogP contribution in [0.25, 0.3) is 0 Å². The second-order valence-electron chi connectivity index (χ2n) is 6.84. The monoisotopic (exact) mass is 350 g/mol. The van der Waals surface area contributed by atoms with Gasteiger partial charge in [-0.1, -0.05) is 20.8 Å². The Hall–Kier alpha value is -0.780. The van der Waals surface area contributed by atoms with Gasteiger partial charge in [-0.2, -0.15) is 5.10 Å². The number of aromatic nitrogens is 2. The molecule has 0 aromatic carbocycles. The molecule has 1 fully saturated rings. The summed E-state index contributed by atoms with van der Waals surface area (Å²) in [7, 11) is 0. The van der Waals surface area contributed by atoms with Crippen molar-refractivity contribution in [1.29, 1.82) is 0 Å². The predicted molar refractivity (Wildman–Crippen MR) is 93.5 cm³/mol. The Morgan fingerprint density at radius 1 is 1.32 bits per heavy atom. The topological polar surface area (TPSA) is 64.2 Å². The van der Waals surface area contributed by atoms with Gasteiger partial charge in [0.1, 0.15) is 0 Å². The zero-order valence-electron chi connectivity index (χ0n) is 13.6. The molecule has 7 heteroatoms. The third-order valence-corrected chi connectivity index (χ3v) is 4.13. The number of hydrogen-bond acceptors (Lipinski definition) is 3. The molecule has 1 atom stereocenters. The van der Waals surface area contributed by atoms with Gasteiger partial charge in [0.25, 0.3) is 0 Å². The maximum absolute atomic E-state index is 12.4. The largest absolute Gasteiger partial charge is 0.341 e. The Morgan fingerprint density at radius 2 is 1.91 bits per heavy atom. The van der Waals surface area contributed by atoms with Crippen LogP contribution in [0.1, 0.15) is 33.6 Å². The minimum atomic E-state index is -0.412. The van der Waals surface area contributed by atoms with Crippen molar-refractivity contribution in [3.8, 4) is 0 Å². The summed E-state index contributed by atoms with van der Waals surface area (Å²) in [4.78, 5) is 14.3. The SMILES string of the molecule is CC(C)(C)[C@H](N)C(=O)N1CCC(Cn2cccn2)CC1.Cl.Cl. The standard InChI is InChI=1S/C15H26N4O.2ClH/c1-15(2,3)13(16)14(20)18-9-5-12(6-10-18)11-19-8-4-7-17-19;;/h4,7-8,12-13H,5-6,9-11,16H2,1-3H3;2*1H/t13-;;/m1../s1. The second kappa shape index (κ2) is 8.75. The van der Waals surface area contributed by atoms with E-state index in [0.717, 1.165) is 32.5 Å². The summed E-state index contributed by atoms with van der Waals surface area (Å²) < 4.78 is 1.98. The molecule has 0 radical (unpaired) electrons. The normalized spacial score (nSPS) is 17.4. The minimum Gasteiger partial charge on any atom is -0.341 e. The van der Waals surface area contributed by atoms with E-state index in [9.17, 15) is 4.79 Å². The molecule has 0 saturated carbocycles. The highest BCUT2D eigenvalue weighted by atomic mass is 35.5. The van der Waals surface area contributed by atoms with E-state index in [2.05, 4.69) is 5.10 Å². The fraction of sp³-hybridized carbons (Fsp3) is 0.733. The summed E-state index contributed by atoms with van der Waals surface area (Å²) in [6.45, 7) is 8.61. The highest BCUT2D eigenvalue weighted by Gasteiger charge is 2.32. The average molecular weight is 351 g/mol. The van der Waals surface area contributed by atoms with Crippen LogP contribution in [0.3, 0.4) is 0 Å². The van der Waals surface area contributed by atoms with Gasteiger partial charge < -0.3 is 10.6 Å². The van der Waals surface area contributed by atoms with E-state index in [1.54, 1.807) is 6.20 Å². The highest BCUT2D eigenvalue weighted by Crippen LogP contribution is 2.23. The van der Waals surface area contributed by atoms with Crippen LogP contribution in [-0.4, -0.2) is 39.7 Å². The van der Waals surface area contributed by atoms with Gasteiger partial charge in [-0.05, 0) is 30.2 Å². The minimum absolute atomic E-state index is 0. The molecular formula is C15H28Cl2N4O. The van der Waals surface area contributed by atoms with Crippen molar-refractivity contribution in [2.75, 3.05) is 13.1 Å². The molecule has 0 unspecified atom stereocenters. The fourth-order valence-electron chi connectivity index (χ4n) is 2.58. The van der Waals surface area contributed by atoms with Crippen molar-refractivity contribution in [1.82, 2.24) is 14.7 Å². The van der Waals surface area contributed by atoms with E-state index in [1.807, 2.05) is 42.6 Å². The van der Waals surface area contributed by atoms with Crippen molar-refractivity contribution >= 4 is 30.7 Å². The number of hydrogen-bond donors (Lipinski definition) is 1. The molecule has 0 spiro atoms. The van der Waals surface area contributed by atoms with Crippen LogP contribution < -0.4 is 5.73 Å². The third kappa shape index (κ3) is 5.45. The lowest BCUT2D eigenvalue weighted by atomic mass is 9.86. The first kappa shape index (κ1) is 21.2. The number of amides is 1. The van der Waals surface area contributed by atoms with Crippen LogP contribution >= 0.6 is 24.8 Å². The molecule has 0 bridgehead atoms. The number of nitrogens with zero attached hydrogens (tertiary/aromatic N) is 3. The molecule has 22 heavy (non-hydrogen) atoms. The Kier molecular flexibility index (Phi) is 8.44. The van der Waals surface area contributed by atoms with E-state index < -0.39 is 6.04 Å². The molecule has 1 aliphatic rings. The first-order chi connectivity index (χ1) is 9.38. The van der Waals surface area contributed by atoms with Crippen LogP contribution in [0.15, 0.2) is 18.5 Å². The maximum atomic E-state index is 12.4. The van der Waals surface area contributed by atoms with Gasteiger partial charge in [0.05, 0.1) is 6.04 Å². The Morgan fingerprint density at radius 3 is 2.36 bits per heavy atom. The van der Waals surface area contributed by atoms with Gasteiger partial charge >= 0.3 is 0 Å². The van der Waals surface area contributed by atoms with Gasteiger partial charge in [0.15, 0.2) is 0 Å². The van der Waals surface area contributed by atoms with E-state index in [-0.39, 0.29) is 36.1 Å². The van der Waals surface area contributed by atoms with Crippen LogP contribution in [0, 0.1) is 11.3 Å². The maximum Gasteiger partial charge on any atom is 0.240 e. The Labute approximate surface area is 145 Å². The van der Waals surface area contributed by atoms with Gasteiger partial charge in [-0.15, -0.1) is 24.8 Å². The molecule has 1 saturated heterocycles. The zero-order valence-corrected chi connectivity index (χ0v) is 15.2. The summed E-state index contributed by atoms with van der Waals surface area (Å²) >= 11 is 0. The number of rotatable bonds is 3. The lowest BCUT2D eigenvalue weighted by molar-refractivity contribution is -0.136. The number of piperidine rings is 1. The van der Waals surface area contributed by atoms with Gasteiger partial charge in [0.2, 0.25) is 5.91 Å². The smallest absolute Gasteiger partial charge is 0.240 e. The lowest BCUT2D eigenvalue weighted by Gasteiger charge is -2.36. The summed E-state index contributed by atoms with van der Waals surface area (Å²) in [5, 5.41) is 4.24. The highest BCUT2D eigenvalue weighted by molar-refractivity contribution is 5.85. The van der Waals surface area contributed by atoms with Crippen molar-refractivity contribution in [3.63, 3.8) is 0 Å². The zero-order chi connectivity index (χ0) is 14.8. The van der Waals surface area contributed by atoms with Crippen molar-refractivity contribution in [2.45, 2.75) is 46.2 Å². The van der Waals surface area contributed by atoms with Crippen molar-refractivity contribution < 1.29 is 4.79 Å². The number of carbonyl (C=O) groups is 1. The molecule has 0 aliphatic carbocycles. The number of halogens is 2. The van der Waals surface area contributed by atoms with E-state index in [1.165, 1.54) is 0 Å². The number of carbonyl (C=O) groups excluding carboxylic acids is 1. The first-order valence-electron chi connectivity index (χ1n) is 7.39. The summed E-state index contributed by atoms with van der Waals surface area (Å²) in [6.07, 6.45) is 5.86. The van der Waals surface area contributed by atoms with E-state index >= 15 is 0 Å². The summed E-state index contributed by atoms with van der Waals surface area (Å²) in [6, 6.07) is 1.53. The summed E-state index contributed by atoms with van der Waals surface area (Å²) in [5.41, 5.74) is 5.89. The Bertz CT molecular complexity index is 437. The molecule has 1 amide bonds. The molecule has 1 aromatic rings. The second-order valence-corrected chi connectivity index (χ2v) is 6.84. The number of likely N-dealkylation sites (tertiary alicyclic amines) is 1.